The Morgan fingerprint density at radius 3 is 2.67 bits per heavy atom. The highest BCUT2D eigenvalue weighted by Crippen LogP contribution is 2.22. The van der Waals surface area contributed by atoms with Crippen LogP contribution in [0.15, 0.2) is 0 Å². The molecule has 0 amide bonds. The topological polar surface area (TPSA) is 33.1 Å². The summed E-state index contributed by atoms with van der Waals surface area (Å²) in [6, 6.07) is 0.694. The Kier molecular flexibility index (Phi) is 5.63. The van der Waals surface area contributed by atoms with E-state index in [0.717, 1.165) is 13.1 Å². The monoisotopic (exact) mass is 272 g/mol. The van der Waals surface area contributed by atoms with E-state index in [1.165, 1.54) is 36.3 Å². The molecule has 1 atom stereocenters. The molecule has 1 aliphatic heterocycles. The number of aromatic nitrogens is 2. The largest absolute Gasteiger partial charge is 0.318 e. The Morgan fingerprint density at radius 2 is 2.11 bits per heavy atom. The van der Waals surface area contributed by atoms with Gasteiger partial charge >= 0.3 is 0 Å². The van der Waals surface area contributed by atoms with Gasteiger partial charge in [-0.05, 0) is 40.3 Å². The smallest absolute Gasteiger partial charge is 0.0641 e. The van der Waals surface area contributed by atoms with Crippen molar-refractivity contribution >= 4 is 12.4 Å². The number of rotatable bonds is 4. The number of aryl methyl sites for hydroxylation is 2. The molecule has 1 aromatic rings. The Labute approximate surface area is 116 Å². The Hall–Kier alpha value is -0.580. The number of halogens is 1. The van der Waals surface area contributed by atoms with Gasteiger partial charge in [-0.1, -0.05) is 0 Å². The molecule has 0 radical (unpaired) electrons. The summed E-state index contributed by atoms with van der Waals surface area (Å²) in [6.07, 6.45) is 2.64. The maximum Gasteiger partial charge on any atom is 0.0641 e. The van der Waals surface area contributed by atoms with Gasteiger partial charge in [-0.2, -0.15) is 5.10 Å². The minimum atomic E-state index is 0. The van der Waals surface area contributed by atoms with Crippen LogP contribution in [0.3, 0.4) is 0 Å². The van der Waals surface area contributed by atoms with E-state index in [4.69, 9.17) is 0 Å². The first-order valence-corrected chi connectivity index (χ1v) is 6.51. The normalized spacial score (nSPS) is 20.1. The van der Waals surface area contributed by atoms with Gasteiger partial charge in [-0.25, -0.2) is 0 Å². The van der Waals surface area contributed by atoms with Gasteiger partial charge in [0.25, 0.3) is 0 Å². The van der Waals surface area contributed by atoms with Crippen molar-refractivity contribution in [1.82, 2.24) is 20.0 Å². The highest BCUT2D eigenvalue weighted by molar-refractivity contribution is 5.85. The zero-order valence-electron chi connectivity index (χ0n) is 11.9. The fourth-order valence-corrected chi connectivity index (χ4v) is 2.82. The second-order valence-corrected chi connectivity index (χ2v) is 5.10. The second kappa shape index (κ2) is 6.55. The third-order valence-corrected chi connectivity index (χ3v) is 3.96. The standard InChI is InChI=1S/C13H24N4.ClH/c1-10-13(11(2)16(4)15-10)9-17-7-5-6-12(17)8-14-3;/h12,14H,5-9H2,1-4H3;1H. The summed E-state index contributed by atoms with van der Waals surface area (Å²) in [6.45, 7) is 7.65. The summed E-state index contributed by atoms with van der Waals surface area (Å²) < 4.78 is 1.99. The fourth-order valence-electron chi connectivity index (χ4n) is 2.82. The molecule has 1 unspecified atom stereocenters. The van der Waals surface area contributed by atoms with Crippen LogP contribution in [0.4, 0.5) is 0 Å². The third-order valence-electron chi connectivity index (χ3n) is 3.96. The maximum atomic E-state index is 4.50. The zero-order chi connectivity index (χ0) is 12.4. The van der Waals surface area contributed by atoms with Crippen LogP contribution in [-0.4, -0.2) is 40.9 Å². The van der Waals surface area contributed by atoms with Gasteiger partial charge in [-0.15, -0.1) is 12.4 Å². The number of likely N-dealkylation sites (tertiary alicyclic amines) is 1. The SMILES string of the molecule is CNCC1CCCN1Cc1c(C)nn(C)c1C.Cl. The van der Waals surface area contributed by atoms with Crippen molar-refractivity contribution in [1.29, 1.82) is 0 Å². The van der Waals surface area contributed by atoms with E-state index < -0.39 is 0 Å². The number of hydrogen-bond acceptors (Lipinski definition) is 3. The summed E-state index contributed by atoms with van der Waals surface area (Å²) in [5, 5.41) is 7.80. The predicted molar refractivity (Wildman–Crippen MR) is 77.3 cm³/mol. The number of nitrogens with zero attached hydrogens (tertiary/aromatic N) is 3. The molecule has 0 spiro atoms. The molecule has 0 aromatic carbocycles. The van der Waals surface area contributed by atoms with Crippen molar-refractivity contribution in [3.63, 3.8) is 0 Å². The molecule has 18 heavy (non-hydrogen) atoms. The van der Waals surface area contributed by atoms with E-state index in [1.54, 1.807) is 0 Å². The van der Waals surface area contributed by atoms with Gasteiger partial charge in [0, 0.05) is 37.4 Å². The first-order chi connectivity index (χ1) is 8.13. The summed E-state index contributed by atoms with van der Waals surface area (Å²) in [5.74, 6) is 0. The average molecular weight is 273 g/mol. The Bertz CT molecular complexity index is 389. The quantitative estimate of drug-likeness (QED) is 0.905. The molecule has 1 N–H and O–H groups in total. The minimum Gasteiger partial charge on any atom is -0.318 e. The highest BCUT2D eigenvalue weighted by Gasteiger charge is 2.25. The van der Waals surface area contributed by atoms with E-state index in [0.29, 0.717) is 6.04 Å². The molecule has 1 aromatic heterocycles. The third kappa shape index (κ3) is 3.05. The van der Waals surface area contributed by atoms with Crippen molar-refractivity contribution in [2.75, 3.05) is 20.1 Å². The molecule has 1 aliphatic rings. The lowest BCUT2D eigenvalue weighted by atomic mass is 10.1. The number of hydrogen-bond donors (Lipinski definition) is 1. The average Bonchev–Trinajstić information content (AvgIpc) is 2.81. The lowest BCUT2D eigenvalue weighted by Crippen LogP contribution is -2.36. The summed E-state index contributed by atoms with van der Waals surface area (Å²) >= 11 is 0. The van der Waals surface area contributed by atoms with Crippen molar-refractivity contribution in [2.24, 2.45) is 7.05 Å². The van der Waals surface area contributed by atoms with Crippen LogP contribution in [-0.2, 0) is 13.6 Å². The number of nitrogens with one attached hydrogen (secondary N) is 1. The molecule has 5 heteroatoms. The molecule has 2 rings (SSSR count). The van der Waals surface area contributed by atoms with Crippen molar-refractivity contribution in [2.45, 2.75) is 39.3 Å². The molecule has 0 bridgehead atoms. The Morgan fingerprint density at radius 1 is 1.39 bits per heavy atom. The Balaban J connectivity index is 0.00000162. The molecule has 1 saturated heterocycles. The molecule has 104 valence electrons. The van der Waals surface area contributed by atoms with Crippen LogP contribution in [0.1, 0.15) is 29.8 Å². The van der Waals surface area contributed by atoms with E-state index >= 15 is 0 Å². The van der Waals surface area contributed by atoms with E-state index in [2.05, 4.69) is 29.2 Å². The summed E-state index contributed by atoms with van der Waals surface area (Å²) in [5.41, 5.74) is 3.90. The van der Waals surface area contributed by atoms with Crippen LogP contribution in [0.2, 0.25) is 0 Å². The van der Waals surface area contributed by atoms with Crippen LogP contribution in [0.5, 0.6) is 0 Å². The molecule has 4 nitrogen and oxygen atoms in total. The molecule has 2 heterocycles. The van der Waals surface area contributed by atoms with Crippen molar-refractivity contribution in [3.05, 3.63) is 17.0 Å². The van der Waals surface area contributed by atoms with Gasteiger partial charge < -0.3 is 5.32 Å². The molecular weight excluding hydrogens is 248 g/mol. The van der Waals surface area contributed by atoms with Gasteiger partial charge in [0.1, 0.15) is 0 Å². The van der Waals surface area contributed by atoms with E-state index in [9.17, 15) is 0 Å². The first kappa shape index (κ1) is 15.5. The number of likely N-dealkylation sites (N-methyl/N-ethyl adjacent to an activating group) is 1. The summed E-state index contributed by atoms with van der Waals surface area (Å²) in [4.78, 5) is 2.59. The van der Waals surface area contributed by atoms with E-state index in [-0.39, 0.29) is 12.4 Å². The minimum absolute atomic E-state index is 0. The predicted octanol–water partition coefficient (Wildman–Crippen LogP) is 1.64. The maximum absolute atomic E-state index is 4.50. The van der Waals surface area contributed by atoms with Crippen LogP contribution >= 0.6 is 12.4 Å². The second-order valence-electron chi connectivity index (χ2n) is 5.10. The van der Waals surface area contributed by atoms with Crippen LogP contribution in [0, 0.1) is 13.8 Å². The lowest BCUT2D eigenvalue weighted by Gasteiger charge is -2.24. The van der Waals surface area contributed by atoms with Crippen molar-refractivity contribution in [3.8, 4) is 0 Å². The van der Waals surface area contributed by atoms with E-state index in [1.807, 2.05) is 18.8 Å². The van der Waals surface area contributed by atoms with Gasteiger partial charge in [0.2, 0.25) is 0 Å². The first-order valence-electron chi connectivity index (χ1n) is 6.51. The van der Waals surface area contributed by atoms with Crippen molar-refractivity contribution < 1.29 is 0 Å². The lowest BCUT2D eigenvalue weighted by molar-refractivity contribution is 0.241. The molecule has 1 fully saturated rings. The molecular formula is C13H25ClN4. The van der Waals surface area contributed by atoms with Crippen LogP contribution < -0.4 is 5.32 Å². The summed E-state index contributed by atoms with van der Waals surface area (Å²) in [7, 11) is 4.07. The van der Waals surface area contributed by atoms with Crippen LogP contribution in [0.25, 0.3) is 0 Å². The molecule has 0 aliphatic carbocycles. The fraction of sp³-hybridized carbons (Fsp3) is 0.769. The highest BCUT2D eigenvalue weighted by atomic mass is 35.5. The van der Waals surface area contributed by atoms with Gasteiger partial charge in [0.05, 0.1) is 5.69 Å². The van der Waals surface area contributed by atoms with Gasteiger partial charge in [0.15, 0.2) is 0 Å². The molecule has 0 saturated carbocycles. The zero-order valence-corrected chi connectivity index (χ0v) is 12.7. The van der Waals surface area contributed by atoms with Gasteiger partial charge in [-0.3, -0.25) is 9.58 Å².